The fraction of sp³-hybridized carbons (Fsp3) is 0.222. The molecule has 0 bridgehead atoms. The van der Waals surface area contributed by atoms with Crippen LogP contribution >= 0.6 is 11.6 Å². The van der Waals surface area contributed by atoms with Gasteiger partial charge < -0.3 is 15.4 Å². The predicted octanol–water partition coefficient (Wildman–Crippen LogP) is 8.31. The molecule has 1 aromatic heterocycles. The number of aromatic hydroxyl groups is 1. The number of aromatic nitrogens is 1. The molecule has 5 aromatic rings. The Bertz CT molecular complexity index is 1810. The number of aromatic amines is 1. The Labute approximate surface area is 261 Å². The third kappa shape index (κ3) is 6.69. The van der Waals surface area contributed by atoms with Crippen LogP contribution in [0, 0.1) is 5.82 Å². The number of fused-ring (bicyclic) bond motifs is 1. The van der Waals surface area contributed by atoms with Crippen molar-refractivity contribution in [3.63, 3.8) is 0 Å². The Morgan fingerprint density at radius 1 is 0.977 bits per heavy atom. The number of likely N-dealkylation sites (tertiary alicyclic amines) is 1. The SMILES string of the molecule is C[C@@H](NC(=O)c1ccc2[nH]c(O)c(C(=Nc3cccc(CN4CCCCC4)c3)c3ccc(F)cc3)c2c1)c1ccc(Cl)cc1. The fourth-order valence-corrected chi connectivity index (χ4v) is 5.90. The van der Waals surface area contributed by atoms with Gasteiger partial charge in [-0.1, -0.05) is 42.3 Å². The highest BCUT2D eigenvalue weighted by molar-refractivity contribution is 6.30. The van der Waals surface area contributed by atoms with Crippen molar-refractivity contribution in [2.75, 3.05) is 13.1 Å². The standard InChI is InChI=1S/C36H34ClFN4O2/c1-23(25-8-13-28(37)14-9-25)39-35(43)27-12-17-32-31(21-27)33(36(44)41-32)34(26-10-15-29(38)16-11-26)40-30-7-5-6-24(20-30)22-42-18-3-2-4-19-42/h5-17,20-21,23,41,44H,2-4,18-19,22H2,1H3,(H,39,43)/t23-/m1/s1. The van der Waals surface area contributed by atoms with E-state index in [0.717, 1.165) is 36.4 Å². The number of nitrogens with one attached hydrogen (secondary N) is 2. The van der Waals surface area contributed by atoms with Gasteiger partial charge in [0.05, 0.1) is 23.0 Å². The van der Waals surface area contributed by atoms with Crippen molar-refractivity contribution < 1.29 is 14.3 Å². The van der Waals surface area contributed by atoms with Crippen molar-refractivity contribution in [2.45, 2.75) is 38.8 Å². The van der Waals surface area contributed by atoms with Gasteiger partial charge in [0.2, 0.25) is 0 Å². The van der Waals surface area contributed by atoms with Crippen molar-refractivity contribution in [3.05, 3.63) is 130 Å². The number of nitrogens with zero attached hydrogens (tertiary/aromatic N) is 2. The number of hydrogen-bond donors (Lipinski definition) is 3. The van der Waals surface area contributed by atoms with Gasteiger partial charge in [-0.05, 0) is 111 Å². The minimum atomic E-state index is -0.367. The van der Waals surface area contributed by atoms with E-state index in [4.69, 9.17) is 16.6 Å². The summed E-state index contributed by atoms with van der Waals surface area (Å²) >= 11 is 6.03. The molecule has 44 heavy (non-hydrogen) atoms. The molecule has 8 heteroatoms. The molecule has 0 radical (unpaired) electrons. The van der Waals surface area contributed by atoms with E-state index < -0.39 is 0 Å². The van der Waals surface area contributed by atoms with Crippen LogP contribution in [0.2, 0.25) is 5.02 Å². The Hall–Kier alpha value is -4.46. The number of aliphatic imine (C=N–C) groups is 1. The maximum atomic E-state index is 14.0. The van der Waals surface area contributed by atoms with Crippen LogP contribution in [-0.2, 0) is 6.54 Å². The highest BCUT2D eigenvalue weighted by atomic mass is 35.5. The van der Waals surface area contributed by atoms with E-state index in [1.54, 1.807) is 42.5 Å². The summed E-state index contributed by atoms with van der Waals surface area (Å²) in [6, 6.07) is 26.4. The number of piperidine rings is 1. The number of hydrogen-bond acceptors (Lipinski definition) is 4. The van der Waals surface area contributed by atoms with E-state index in [0.29, 0.717) is 38.3 Å². The van der Waals surface area contributed by atoms with Crippen LogP contribution in [-0.4, -0.2) is 39.7 Å². The number of carbonyl (C=O) groups excluding carboxylic acids is 1. The van der Waals surface area contributed by atoms with Crippen molar-refractivity contribution in [2.24, 2.45) is 4.99 Å². The van der Waals surface area contributed by atoms with Gasteiger partial charge in [0.15, 0.2) is 5.88 Å². The molecule has 4 aromatic carbocycles. The number of carbonyl (C=O) groups is 1. The van der Waals surface area contributed by atoms with Gasteiger partial charge in [0.1, 0.15) is 5.82 Å². The minimum absolute atomic E-state index is 0.0837. The first-order valence-electron chi connectivity index (χ1n) is 14.9. The van der Waals surface area contributed by atoms with Gasteiger partial charge in [-0.15, -0.1) is 0 Å². The van der Waals surface area contributed by atoms with Gasteiger partial charge in [0.25, 0.3) is 5.91 Å². The van der Waals surface area contributed by atoms with Crippen LogP contribution in [0.5, 0.6) is 5.88 Å². The van der Waals surface area contributed by atoms with Gasteiger partial charge >= 0.3 is 0 Å². The largest absolute Gasteiger partial charge is 0.494 e. The molecule has 6 rings (SSSR count). The zero-order valence-corrected chi connectivity index (χ0v) is 25.2. The average molecular weight is 609 g/mol. The topological polar surface area (TPSA) is 80.7 Å². The van der Waals surface area contributed by atoms with Gasteiger partial charge in [-0.2, -0.15) is 0 Å². The van der Waals surface area contributed by atoms with Crippen LogP contribution in [0.1, 0.15) is 64.8 Å². The third-order valence-electron chi connectivity index (χ3n) is 8.12. The molecule has 0 spiro atoms. The molecule has 0 unspecified atom stereocenters. The molecule has 1 atom stereocenters. The molecule has 2 heterocycles. The van der Waals surface area contributed by atoms with Crippen molar-refractivity contribution in [3.8, 4) is 5.88 Å². The van der Waals surface area contributed by atoms with E-state index in [-0.39, 0.29) is 23.6 Å². The molecular weight excluding hydrogens is 575 g/mol. The summed E-state index contributed by atoms with van der Waals surface area (Å²) in [5.41, 5.74) is 5.42. The van der Waals surface area contributed by atoms with E-state index >= 15 is 0 Å². The van der Waals surface area contributed by atoms with Gasteiger partial charge in [0, 0.05) is 33.6 Å². The quantitative estimate of drug-likeness (QED) is 0.155. The highest BCUT2D eigenvalue weighted by Gasteiger charge is 2.21. The molecule has 0 saturated carbocycles. The summed E-state index contributed by atoms with van der Waals surface area (Å²) in [6.45, 7) is 4.93. The lowest BCUT2D eigenvalue weighted by Crippen LogP contribution is -2.28. The maximum absolute atomic E-state index is 14.0. The van der Waals surface area contributed by atoms with Crippen LogP contribution in [0.15, 0.2) is 96.0 Å². The molecule has 0 aliphatic carbocycles. The molecule has 1 amide bonds. The highest BCUT2D eigenvalue weighted by Crippen LogP contribution is 2.33. The monoisotopic (exact) mass is 608 g/mol. The average Bonchev–Trinajstić information content (AvgIpc) is 3.36. The lowest BCUT2D eigenvalue weighted by Gasteiger charge is -2.26. The summed E-state index contributed by atoms with van der Waals surface area (Å²) in [4.78, 5) is 23.8. The maximum Gasteiger partial charge on any atom is 0.251 e. The lowest BCUT2D eigenvalue weighted by atomic mass is 9.99. The summed E-state index contributed by atoms with van der Waals surface area (Å²) in [5.74, 6) is -0.708. The first-order valence-corrected chi connectivity index (χ1v) is 15.3. The molecule has 3 N–H and O–H groups in total. The second-order valence-corrected chi connectivity index (χ2v) is 11.8. The summed E-state index contributed by atoms with van der Waals surface area (Å²) in [5, 5.41) is 15.5. The number of H-pyrrole nitrogens is 1. The number of rotatable bonds is 8. The number of amides is 1. The van der Waals surface area contributed by atoms with Crippen LogP contribution in [0.25, 0.3) is 10.9 Å². The molecule has 1 saturated heterocycles. The van der Waals surface area contributed by atoms with E-state index in [2.05, 4.69) is 27.3 Å². The minimum Gasteiger partial charge on any atom is -0.494 e. The molecule has 1 fully saturated rings. The van der Waals surface area contributed by atoms with Crippen LogP contribution in [0.4, 0.5) is 10.1 Å². The second kappa shape index (κ2) is 13.0. The van der Waals surface area contributed by atoms with Gasteiger partial charge in [-0.25, -0.2) is 9.38 Å². The molecule has 1 aliphatic heterocycles. The Morgan fingerprint density at radius 2 is 1.70 bits per heavy atom. The molecule has 6 nitrogen and oxygen atoms in total. The van der Waals surface area contributed by atoms with Crippen molar-refractivity contribution in [1.82, 2.24) is 15.2 Å². The van der Waals surface area contributed by atoms with Gasteiger partial charge in [-0.3, -0.25) is 9.69 Å². The van der Waals surface area contributed by atoms with Crippen molar-refractivity contribution in [1.29, 1.82) is 0 Å². The first kappa shape index (κ1) is 29.6. The smallest absolute Gasteiger partial charge is 0.251 e. The molecular formula is C36H34ClFN4O2. The molecule has 1 aliphatic rings. The first-order chi connectivity index (χ1) is 21.3. The Kier molecular flexibility index (Phi) is 8.77. The van der Waals surface area contributed by atoms with E-state index in [1.807, 2.05) is 31.2 Å². The number of benzene rings is 4. The predicted molar refractivity (Wildman–Crippen MR) is 175 cm³/mol. The summed E-state index contributed by atoms with van der Waals surface area (Å²) in [7, 11) is 0. The van der Waals surface area contributed by atoms with Crippen LogP contribution < -0.4 is 5.32 Å². The summed E-state index contributed by atoms with van der Waals surface area (Å²) < 4.78 is 14.0. The zero-order valence-electron chi connectivity index (χ0n) is 24.5. The molecule has 224 valence electrons. The fourth-order valence-electron chi connectivity index (χ4n) is 5.78. The number of halogens is 2. The third-order valence-corrected chi connectivity index (χ3v) is 8.37. The Morgan fingerprint density at radius 3 is 2.45 bits per heavy atom. The van der Waals surface area contributed by atoms with E-state index in [1.165, 1.54) is 31.4 Å². The Balaban J connectivity index is 1.37. The van der Waals surface area contributed by atoms with Crippen LogP contribution in [0.3, 0.4) is 0 Å². The normalized spacial score (nSPS) is 14.9. The summed E-state index contributed by atoms with van der Waals surface area (Å²) in [6.07, 6.45) is 3.71. The second-order valence-electron chi connectivity index (χ2n) is 11.3. The van der Waals surface area contributed by atoms with Crippen molar-refractivity contribution >= 4 is 39.8 Å². The lowest BCUT2D eigenvalue weighted by molar-refractivity contribution is 0.0940. The zero-order chi connectivity index (χ0) is 30.6. The van der Waals surface area contributed by atoms with E-state index in [9.17, 15) is 14.3 Å².